The summed E-state index contributed by atoms with van der Waals surface area (Å²) in [6.45, 7) is -0.0484. The lowest BCUT2D eigenvalue weighted by Crippen LogP contribution is -2.41. The number of rotatable bonds is 5. The summed E-state index contributed by atoms with van der Waals surface area (Å²) in [5.74, 6) is 0.0164. The van der Waals surface area contributed by atoms with Gasteiger partial charge in [-0.1, -0.05) is 30.3 Å². The number of nitrogens with zero attached hydrogens (tertiary/aromatic N) is 1. The Morgan fingerprint density at radius 3 is 2.59 bits per heavy atom. The van der Waals surface area contributed by atoms with Gasteiger partial charge in [-0.3, -0.25) is 9.78 Å². The van der Waals surface area contributed by atoms with Gasteiger partial charge in [0.15, 0.2) is 0 Å². The lowest BCUT2D eigenvalue weighted by molar-refractivity contribution is 0.0235. The van der Waals surface area contributed by atoms with Crippen LogP contribution in [-0.2, 0) is 6.61 Å². The maximum Gasteiger partial charge on any atom is 0.251 e. The van der Waals surface area contributed by atoms with Crippen molar-refractivity contribution in [1.82, 2.24) is 10.3 Å². The molecule has 1 aromatic heterocycles. The highest BCUT2D eigenvalue weighted by Crippen LogP contribution is 2.38. The quantitative estimate of drug-likeness (QED) is 0.652. The maximum atomic E-state index is 12.8. The summed E-state index contributed by atoms with van der Waals surface area (Å²) in [7, 11) is 0. The van der Waals surface area contributed by atoms with Gasteiger partial charge in [-0.25, -0.2) is 0 Å². The molecule has 5 nitrogen and oxygen atoms in total. The van der Waals surface area contributed by atoms with E-state index in [4.69, 9.17) is 5.11 Å². The second-order valence-corrected chi connectivity index (χ2v) is 7.15. The number of aliphatic hydroxyl groups is 2. The van der Waals surface area contributed by atoms with Gasteiger partial charge in [0.2, 0.25) is 0 Å². The maximum absolute atomic E-state index is 12.8. The van der Waals surface area contributed by atoms with Gasteiger partial charge in [0.1, 0.15) is 0 Å². The molecule has 1 fully saturated rings. The molecule has 3 aromatic rings. The number of nitrogens with one attached hydrogen (secondary N) is 1. The molecule has 4 rings (SSSR count). The van der Waals surface area contributed by atoms with Crippen LogP contribution in [0.2, 0.25) is 0 Å². The Hall–Kier alpha value is -2.76. The highest BCUT2D eigenvalue weighted by atomic mass is 16.3. The van der Waals surface area contributed by atoms with Gasteiger partial charge >= 0.3 is 0 Å². The SMILES string of the molecule is O=C(NC(c1cnc2ccccc2c1)C1CC(O)C1)c1ccc(CO)cc1. The number of hydrogen-bond donors (Lipinski definition) is 3. The second-order valence-electron chi connectivity index (χ2n) is 7.15. The first-order chi connectivity index (χ1) is 13.1. The van der Waals surface area contributed by atoms with Crippen LogP contribution in [0.15, 0.2) is 60.8 Å². The molecule has 1 heterocycles. The molecule has 5 heteroatoms. The van der Waals surface area contributed by atoms with Crippen LogP contribution >= 0.6 is 0 Å². The minimum absolute atomic E-state index is 0.0484. The lowest BCUT2D eigenvalue weighted by Gasteiger charge is -2.38. The largest absolute Gasteiger partial charge is 0.393 e. The molecule has 138 valence electrons. The number of para-hydroxylation sites is 1. The molecular weight excluding hydrogens is 340 g/mol. The highest BCUT2D eigenvalue weighted by Gasteiger charge is 2.36. The Kier molecular flexibility index (Phi) is 4.88. The standard InChI is InChI=1S/C22H22N2O3/c25-13-14-5-7-15(8-6-14)22(27)24-21(17-10-19(26)11-17)18-9-16-3-1-2-4-20(16)23-12-18/h1-9,12,17,19,21,25-26H,10-11,13H2,(H,24,27). The number of carbonyl (C=O) groups excluding carboxylic acids is 1. The minimum Gasteiger partial charge on any atom is -0.393 e. The molecule has 3 N–H and O–H groups in total. The summed E-state index contributed by atoms with van der Waals surface area (Å²) in [6, 6.07) is 16.7. The summed E-state index contributed by atoms with van der Waals surface area (Å²) in [5.41, 5.74) is 3.18. The Balaban J connectivity index is 1.61. The van der Waals surface area contributed by atoms with Crippen LogP contribution in [0.1, 0.15) is 40.4 Å². The predicted octanol–water partition coefficient (Wildman–Crippen LogP) is 2.97. The number of fused-ring (bicyclic) bond motifs is 1. The summed E-state index contributed by atoms with van der Waals surface area (Å²) in [4.78, 5) is 17.3. The van der Waals surface area contributed by atoms with Crippen molar-refractivity contribution in [1.29, 1.82) is 0 Å². The number of amides is 1. The second kappa shape index (κ2) is 7.47. The number of carbonyl (C=O) groups is 1. The van der Waals surface area contributed by atoms with Gasteiger partial charge < -0.3 is 15.5 Å². The molecule has 2 aromatic carbocycles. The van der Waals surface area contributed by atoms with E-state index in [-0.39, 0.29) is 30.6 Å². The zero-order valence-corrected chi connectivity index (χ0v) is 14.9. The molecule has 27 heavy (non-hydrogen) atoms. The molecular formula is C22H22N2O3. The molecule has 0 saturated heterocycles. The van der Waals surface area contributed by atoms with Crippen LogP contribution in [0, 0.1) is 5.92 Å². The van der Waals surface area contributed by atoms with Crippen molar-refractivity contribution in [2.24, 2.45) is 5.92 Å². The molecule has 0 spiro atoms. The molecule has 1 unspecified atom stereocenters. The Labute approximate surface area is 157 Å². The van der Waals surface area contributed by atoms with Crippen LogP contribution in [-0.4, -0.2) is 27.2 Å². The third-order valence-electron chi connectivity index (χ3n) is 5.28. The summed E-state index contributed by atoms with van der Waals surface area (Å²) < 4.78 is 0. The third-order valence-corrected chi connectivity index (χ3v) is 5.28. The number of hydrogen-bond acceptors (Lipinski definition) is 4. The summed E-state index contributed by atoms with van der Waals surface area (Å²) >= 11 is 0. The van der Waals surface area contributed by atoms with Crippen LogP contribution in [0.5, 0.6) is 0 Å². The van der Waals surface area contributed by atoms with E-state index in [0.717, 1.165) is 22.0 Å². The average Bonchev–Trinajstić information content (AvgIpc) is 2.69. The van der Waals surface area contributed by atoms with E-state index in [1.165, 1.54) is 0 Å². The monoisotopic (exact) mass is 362 g/mol. The third kappa shape index (κ3) is 3.70. The number of benzene rings is 2. The van der Waals surface area contributed by atoms with E-state index in [2.05, 4.69) is 16.4 Å². The van der Waals surface area contributed by atoms with Crippen LogP contribution < -0.4 is 5.32 Å². The van der Waals surface area contributed by atoms with E-state index in [9.17, 15) is 9.90 Å². The molecule has 0 aliphatic heterocycles. The first-order valence-electron chi connectivity index (χ1n) is 9.17. The zero-order valence-electron chi connectivity index (χ0n) is 14.9. The van der Waals surface area contributed by atoms with E-state index in [0.29, 0.717) is 18.4 Å². The topological polar surface area (TPSA) is 82.5 Å². The minimum atomic E-state index is -0.299. The Morgan fingerprint density at radius 2 is 1.89 bits per heavy atom. The van der Waals surface area contributed by atoms with Crippen LogP contribution in [0.25, 0.3) is 10.9 Å². The highest BCUT2D eigenvalue weighted by molar-refractivity contribution is 5.94. The van der Waals surface area contributed by atoms with E-state index < -0.39 is 0 Å². The smallest absolute Gasteiger partial charge is 0.251 e. The molecule has 1 aliphatic rings. The van der Waals surface area contributed by atoms with E-state index >= 15 is 0 Å². The first kappa shape index (κ1) is 17.6. The van der Waals surface area contributed by atoms with Crippen molar-refractivity contribution in [3.63, 3.8) is 0 Å². The van der Waals surface area contributed by atoms with Gasteiger partial charge in [-0.05, 0) is 54.2 Å². The normalized spacial score (nSPS) is 20.1. The van der Waals surface area contributed by atoms with Crippen molar-refractivity contribution in [3.8, 4) is 0 Å². The van der Waals surface area contributed by atoms with Gasteiger partial charge in [0, 0.05) is 17.1 Å². The van der Waals surface area contributed by atoms with Crippen molar-refractivity contribution >= 4 is 16.8 Å². The van der Waals surface area contributed by atoms with Crippen molar-refractivity contribution in [2.75, 3.05) is 0 Å². The van der Waals surface area contributed by atoms with E-state index in [1.807, 2.05) is 30.5 Å². The predicted molar refractivity (Wildman–Crippen MR) is 103 cm³/mol. The van der Waals surface area contributed by atoms with Gasteiger partial charge in [-0.2, -0.15) is 0 Å². The number of pyridine rings is 1. The molecule has 1 amide bonds. The van der Waals surface area contributed by atoms with Crippen LogP contribution in [0.3, 0.4) is 0 Å². The van der Waals surface area contributed by atoms with Gasteiger partial charge in [0.05, 0.1) is 24.3 Å². The molecule has 1 atom stereocenters. The van der Waals surface area contributed by atoms with Gasteiger partial charge in [0.25, 0.3) is 5.91 Å². The van der Waals surface area contributed by atoms with Crippen LogP contribution in [0.4, 0.5) is 0 Å². The Bertz CT molecular complexity index is 949. The average molecular weight is 362 g/mol. The summed E-state index contributed by atoms with van der Waals surface area (Å²) in [6.07, 6.45) is 2.85. The van der Waals surface area contributed by atoms with Crippen molar-refractivity contribution < 1.29 is 15.0 Å². The molecule has 0 radical (unpaired) electrons. The Morgan fingerprint density at radius 1 is 1.15 bits per heavy atom. The fraction of sp³-hybridized carbons (Fsp3) is 0.273. The number of aromatic nitrogens is 1. The zero-order chi connectivity index (χ0) is 18.8. The number of aliphatic hydroxyl groups excluding tert-OH is 2. The fourth-order valence-corrected chi connectivity index (χ4v) is 3.62. The fourth-order valence-electron chi connectivity index (χ4n) is 3.62. The first-order valence-corrected chi connectivity index (χ1v) is 9.17. The molecule has 1 aliphatic carbocycles. The molecule has 1 saturated carbocycles. The molecule has 0 bridgehead atoms. The van der Waals surface area contributed by atoms with E-state index in [1.54, 1.807) is 24.3 Å². The van der Waals surface area contributed by atoms with Gasteiger partial charge in [-0.15, -0.1) is 0 Å². The van der Waals surface area contributed by atoms with Crippen molar-refractivity contribution in [2.45, 2.75) is 31.6 Å². The van der Waals surface area contributed by atoms with Crippen molar-refractivity contribution in [3.05, 3.63) is 77.5 Å². The lowest BCUT2D eigenvalue weighted by atomic mass is 9.75. The summed E-state index contributed by atoms with van der Waals surface area (Å²) in [5, 5.41) is 23.0.